The van der Waals surface area contributed by atoms with E-state index in [1.165, 1.54) is 13.1 Å². The third kappa shape index (κ3) is 3.66. The Morgan fingerprint density at radius 3 is 2.71 bits per heavy atom. The summed E-state index contributed by atoms with van der Waals surface area (Å²) in [6, 6.07) is 5.05. The third-order valence-electron chi connectivity index (χ3n) is 4.05. The van der Waals surface area contributed by atoms with Crippen molar-refractivity contribution >= 4 is 21.4 Å². The number of benzene rings is 1. The van der Waals surface area contributed by atoms with Crippen LogP contribution in [-0.2, 0) is 10.0 Å². The van der Waals surface area contributed by atoms with Gasteiger partial charge in [-0.3, -0.25) is 0 Å². The number of nitrogens with zero attached hydrogens (tertiary/aromatic N) is 1. The van der Waals surface area contributed by atoms with Crippen LogP contribution in [-0.4, -0.2) is 46.5 Å². The van der Waals surface area contributed by atoms with Crippen molar-refractivity contribution in [1.82, 2.24) is 9.62 Å². The van der Waals surface area contributed by atoms with Gasteiger partial charge in [-0.25, -0.2) is 13.1 Å². The number of nitrogens with two attached hydrogens (primary N) is 1. The maximum absolute atomic E-state index is 11.9. The van der Waals surface area contributed by atoms with E-state index >= 15 is 0 Å². The molecule has 1 aliphatic heterocycles. The van der Waals surface area contributed by atoms with Crippen LogP contribution >= 0.6 is 0 Å². The molecule has 1 aromatic carbocycles. The number of hydrogen-bond donors (Lipinski definition) is 3. The largest absolute Gasteiger partial charge is 0.397 e. The second-order valence-corrected chi connectivity index (χ2v) is 7.62. The molecule has 0 aromatic heterocycles. The zero-order chi connectivity index (χ0) is 15.6. The van der Waals surface area contributed by atoms with Gasteiger partial charge in [0.15, 0.2) is 0 Å². The van der Waals surface area contributed by atoms with E-state index in [0.717, 1.165) is 19.5 Å². The van der Waals surface area contributed by atoms with Crippen molar-refractivity contribution in [1.29, 1.82) is 0 Å². The van der Waals surface area contributed by atoms with Gasteiger partial charge < -0.3 is 16.0 Å². The van der Waals surface area contributed by atoms with Gasteiger partial charge in [0.2, 0.25) is 10.0 Å². The summed E-state index contributed by atoms with van der Waals surface area (Å²) in [6.45, 7) is 4.24. The predicted octanol–water partition coefficient (Wildman–Crippen LogP) is 0.929. The van der Waals surface area contributed by atoms with E-state index in [-0.39, 0.29) is 4.90 Å². The summed E-state index contributed by atoms with van der Waals surface area (Å²) in [4.78, 5) is 2.52. The Morgan fingerprint density at radius 2 is 2.10 bits per heavy atom. The van der Waals surface area contributed by atoms with Gasteiger partial charge in [0.1, 0.15) is 0 Å². The Kier molecular flexibility index (Phi) is 4.75. The number of likely N-dealkylation sites (tertiary alicyclic amines) is 1. The SMILES string of the molecule is CNS(=O)(=O)c1ccc(N)c(NC2CCN(C)CC2C)c1. The lowest BCUT2D eigenvalue weighted by atomic mass is 9.94. The van der Waals surface area contributed by atoms with Crippen LogP contribution in [0.15, 0.2) is 23.1 Å². The number of nitrogens with one attached hydrogen (secondary N) is 2. The fraction of sp³-hybridized carbons (Fsp3) is 0.571. The first-order valence-corrected chi connectivity index (χ1v) is 8.60. The van der Waals surface area contributed by atoms with Crippen LogP contribution < -0.4 is 15.8 Å². The van der Waals surface area contributed by atoms with Crippen LogP contribution in [0.2, 0.25) is 0 Å². The van der Waals surface area contributed by atoms with E-state index in [4.69, 9.17) is 5.73 Å². The molecule has 4 N–H and O–H groups in total. The van der Waals surface area contributed by atoms with Crippen LogP contribution in [0.1, 0.15) is 13.3 Å². The molecule has 7 heteroatoms. The molecule has 0 amide bonds. The van der Waals surface area contributed by atoms with Gasteiger partial charge in [0.05, 0.1) is 16.3 Å². The Labute approximate surface area is 126 Å². The van der Waals surface area contributed by atoms with Gasteiger partial charge in [-0.05, 0) is 51.2 Å². The topological polar surface area (TPSA) is 87.5 Å². The van der Waals surface area contributed by atoms with E-state index in [1.54, 1.807) is 12.1 Å². The van der Waals surface area contributed by atoms with Crippen molar-refractivity contribution in [2.24, 2.45) is 5.92 Å². The summed E-state index contributed by atoms with van der Waals surface area (Å²) in [5, 5.41) is 3.41. The highest BCUT2D eigenvalue weighted by Gasteiger charge is 2.25. The van der Waals surface area contributed by atoms with E-state index in [9.17, 15) is 8.42 Å². The van der Waals surface area contributed by atoms with E-state index < -0.39 is 10.0 Å². The summed E-state index contributed by atoms with van der Waals surface area (Å²) in [6.07, 6.45) is 1.01. The van der Waals surface area contributed by atoms with Gasteiger partial charge >= 0.3 is 0 Å². The van der Waals surface area contributed by atoms with Gasteiger partial charge in [-0.1, -0.05) is 6.92 Å². The number of anilines is 2. The molecule has 2 unspecified atom stereocenters. The molecule has 0 saturated carbocycles. The van der Waals surface area contributed by atoms with Crippen molar-refractivity contribution in [3.05, 3.63) is 18.2 Å². The summed E-state index contributed by atoms with van der Waals surface area (Å²) in [5.41, 5.74) is 7.23. The van der Waals surface area contributed by atoms with Crippen molar-refractivity contribution < 1.29 is 8.42 Å². The number of nitrogen functional groups attached to an aromatic ring is 1. The highest BCUT2D eigenvalue weighted by Crippen LogP contribution is 2.27. The summed E-state index contributed by atoms with van der Waals surface area (Å²) >= 11 is 0. The number of sulfonamides is 1. The standard InChI is InChI=1S/C14H24N4O2S/c1-10-9-18(3)7-6-13(10)17-14-8-11(4-5-12(14)15)21(19,20)16-2/h4-5,8,10,13,16-17H,6-7,9,15H2,1-3H3. The minimum absolute atomic E-state index is 0.224. The molecule has 0 radical (unpaired) electrons. The van der Waals surface area contributed by atoms with Gasteiger partial charge in [0.25, 0.3) is 0 Å². The molecule has 0 aliphatic carbocycles. The van der Waals surface area contributed by atoms with Crippen LogP contribution in [0.4, 0.5) is 11.4 Å². The first-order chi connectivity index (χ1) is 9.83. The molecule has 1 aliphatic rings. The molecule has 1 aromatic rings. The smallest absolute Gasteiger partial charge is 0.240 e. The van der Waals surface area contributed by atoms with Gasteiger partial charge in [-0.15, -0.1) is 0 Å². The Balaban J connectivity index is 2.22. The lowest BCUT2D eigenvalue weighted by Crippen LogP contribution is -2.43. The Bertz CT molecular complexity index is 603. The van der Waals surface area contributed by atoms with Crippen LogP contribution in [0, 0.1) is 5.92 Å². The molecule has 6 nitrogen and oxygen atoms in total. The van der Waals surface area contributed by atoms with E-state index in [1.807, 2.05) is 0 Å². The second kappa shape index (κ2) is 6.21. The van der Waals surface area contributed by atoms with E-state index in [0.29, 0.717) is 23.3 Å². The fourth-order valence-corrected chi connectivity index (χ4v) is 3.47. The number of hydrogen-bond acceptors (Lipinski definition) is 5. The molecule has 2 rings (SSSR count). The Morgan fingerprint density at radius 1 is 1.38 bits per heavy atom. The maximum atomic E-state index is 11.9. The van der Waals surface area contributed by atoms with Crippen molar-refractivity contribution in [2.75, 3.05) is 38.2 Å². The molecule has 0 bridgehead atoms. The summed E-state index contributed by atoms with van der Waals surface area (Å²) in [5.74, 6) is 0.479. The lowest BCUT2D eigenvalue weighted by molar-refractivity contribution is 0.206. The highest BCUT2D eigenvalue weighted by atomic mass is 32.2. The van der Waals surface area contributed by atoms with Crippen LogP contribution in [0.5, 0.6) is 0 Å². The predicted molar refractivity (Wildman–Crippen MR) is 85.8 cm³/mol. The average Bonchev–Trinajstić information content (AvgIpc) is 2.43. The zero-order valence-corrected chi connectivity index (χ0v) is 13.6. The molecular formula is C14H24N4O2S. The average molecular weight is 312 g/mol. The summed E-state index contributed by atoms with van der Waals surface area (Å²) in [7, 11) is 0.0586. The van der Waals surface area contributed by atoms with Crippen LogP contribution in [0.3, 0.4) is 0 Å². The zero-order valence-electron chi connectivity index (χ0n) is 12.8. The molecule has 1 saturated heterocycles. The minimum atomic E-state index is -3.45. The fourth-order valence-electron chi connectivity index (χ4n) is 2.71. The number of rotatable bonds is 4. The monoisotopic (exact) mass is 312 g/mol. The van der Waals surface area contributed by atoms with Crippen LogP contribution in [0.25, 0.3) is 0 Å². The van der Waals surface area contributed by atoms with E-state index in [2.05, 4.69) is 28.9 Å². The second-order valence-electron chi connectivity index (χ2n) is 5.74. The molecule has 0 spiro atoms. The molecule has 2 atom stereocenters. The molecular weight excluding hydrogens is 288 g/mol. The minimum Gasteiger partial charge on any atom is -0.397 e. The maximum Gasteiger partial charge on any atom is 0.240 e. The highest BCUT2D eigenvalue weighted by molar-refractivity contribution is 7.89. The summed E-state index contributed by atoms with van der Waals surface area (Å²) < 4.78 is 26.1. The molecule has 118 valence electrons. The van der Waals surface area contributed by atoms with Crippen molar-refractivity contribution in [2.45, 2.75) is 24.3 Å². The molecule has 21 heavy (non-hydrogen) atoms. The lowest BCUT2D eigenvalue weighted by Gasteiger charge is -2.36. The molecule has 1 heterocycles. The van der Waals surface area contributed by atoms with Crippen molar-refractivity contribution in [3.8, 4) is 0 Å². The normalized spacial score (nSPS) is 24.0. The molecule has 1 fully saturated rings. The number of piperidine rings is 1. The van der Waals surface area contributed by atoms with Crippen molar-refractivity contribution in [3.63, 3.8) is 0 Å². The quantitative estimate of drug-likeness (QED) is 0.720. The first kappa shape index (κ1) is 16.1. The van der Waals surface area contributed by atoms with Gasteiger partial charge in [-0.2, -0.15) is 0 Å². The van der Waals surface area contributed by atoms with Gasteiger partial charge in [0, 0.05) is 12.6 Å². The first-order valence-electron chi connectivity index (χ1n) is 7.11. The third-order valence-corrected chi connectivity index (χ3v) is 5.47. The Hall–Kier alpha value is -1.31.